The number of hydrogen-bond acceptors (Lipinski definition) is 2. The van der Waals surface area contributed by atoms with Gasteiger partial charge in [0.2, 0.25) is 0 Å². The van der Waals surface area contributed by atoms with Crippen LogP contribution in [-0.2, 0) is 0 Å². The van der Waals surface area contributed by atoms with E-state index in [1.807, 2.05) is 24.3 Å². The number of nitrogens with one attached hydrogen (secondary N) is 1. The Bertz CT molecular complexity index is 365. The molecular weight excluding hydrogens is 242 g/mol. The Morgan fingerprint density at radius 1 is 1.17 bits per heavy atom. The number of amides is 1. The summed E-state index contributed by atoms with van der Waals surface area (Å²) in [5.74, 6) is 1.12. The lowest BCUT2D eigenvalue weighted by molar-refractivity contribution is 0.0950. The van der Waals surface area contributed by atoms with E-state index in [9.17, 15) is 4.79 Å². The maximum Gasteiger partial charge on any atom is 0.252 e. The van der Waals surface area contributed by atoms with E-state index in [1.54, 1.807) is 11.8 Å². The van der Waals surface area contributed by atoms with Crippen LogP contribution < -0.4 is 5.32 Å². The standard InChI is InChI=1S/C15H23NOS/c1-3-5-8-11-16-15(17)13-9-6-7-10-14(13)18-12-4-2/h6-7,9-10H,3-5,8,11-12H2,1-2H3,(H,16,17). The first kappa shape index (κ1) is 15.1. The van der Waals surface area contributed by atoms with Gasteiger partial charge in [0.1, 0.15) is 0 Å². The van der Waals surface area contributed by atoms with Gasteiger partial charge in [-0.2, -0.15) is 0 Å². The Hall–Kier alpha value is -0.960. The summed E-state index contributed by atoms with van der Waals surface area (Å²) in [5, 5.41) is 3.00. The molecule has 0 spiro atoms. The molecule has 0 unspecified atom stereocenters. The second-order valence-corrected chi connectivity index (χ2v) is 5.44. The normalized spacial score (nSPS) is 10.3. The Morgan fingerprint density at radius 2 is 1.94 bits per heavy atom. The summed E-state index contributed by atoms with van der Waals surface area (Å²) >= 11 is 1.76. The Balaban J connectivity index is 2.55. The van der Waals surface area contributed by atoms with E-state index < -0.39 is 0 Å². The molecule has 0 atom stereocenters. The van der Waals surface area contributed by atoms with E-state index >= 15 is 0 Å². The minimum absolute atomic E-state index is 0.0605. The molecule has 1 amide bonds. The summed E-state index contributed by atoms with van der Waals surface area (Å²) in [6.07, 6.45) is 4.54. The van der Waals surface area contributed by atoms with Crippen molar-refractivity contribution in [2.75, 3.05) is 12.3 Å². The van der Waals surface area contributed by atoms with Crippen molar-refractivity contribution in [1.82, 2.24) is 5.32 Å². The highest BCUT2D eigenvalue weighted by atomic mass is 32.2. The molecule has 0 aliphatic heterocycles. The average Bonchev–Trinajstić information content (AvgIpc) is 2.41. The lowest BCUT2D eigenvalue weighted by atomic mass is 10.2. The molecule has 0 saturated heterocycles. The quantitative estimate of drug-likeness (QED) is 0.566. The lowest BCUT2D eigenvalue weighted by Crippen LogP contribution is -2.24. The van der Waals surface area contributed by atoms with Crippen LogP contribution >= 0.6 is 11.8 Å². The number of thioether (sulfide) groups is 1. The van der Waals surface area contributed by atoms with Gasteiger partial charge in [-0.3, -0.25) is 4.79 Å². The predicted molar refractivity (Wildman–Crippen MR) is 79.3 cm³/mol. The number of unbranched alkanes of at least 4 members (excludes halogenated alkanes) is 2. The molecule has 0 aliphatic rings. The van der Waals surface area contributed by atoms with Crippen molar-refractivity contribution in [2.45, 2.75) is 44.4 Å². The van der Waals surface area contributed by atoms with Gasteiger partial charge in [0, 0.05) is 11.4 Å². The molecule has 2 nitrogen and oxygen atoms in total. The molecule has 3 heteroatoms. The summed E-state index contributed by atoms with van der Waals surface area (Å²) in [6.45, 7) is 5.10. The highest BCUT2D eigenvalue weighted by molar-refractivity contribution is 7.99. The lowest BCUT2D eigenvalue weighted by Gasteiger charge is -2.09. The van der Waals surface area contributed by atoms with Crippen LogP contribution in [0.3, 0.4) is 0 Å². The molecule has 1 aromatic carbocycles. The molecule has 0 heterocycles. The van der Waals surface area contributed by atoms with E-state index in [1.165, 1.54) is 12.8 Å². The van der Waals surface area contributed by atoms with E-state index in [0.717, 1.165) is 35.6 Å². The van der Waals surface area contributed by atoms with Crippen molar-refractivity contribution in [3.05, 3.63) is 29.8 Å². The van der Waals surface area contributed by atoms with Crippen LogP contribution in [0.4, 0.5) is 0 Å². The van der Waals surface area contributed by atoms with Crippen LogP contribution in [0, 0.1) is 0 Å². The molecule has 0 fully saturated rings. The molecule has 0 saturated carbocycles. The first-order valence-corrected chi connectivity index (χ1v) is 7.78. The molecule has 100 valence electrons. The van der Waals surface area contributed by atoms with Crippen LogP contribution in [-0.4, -0.2) is 18.2 Å². The minimum Gasteiger partial charge on any atom is -0.352 e. The van der Waals surface area contributed by atoms with Gasteiger partial charge in [0.25, 0.3) is 5.91 Å². The highest BCUT2D eigenvalue weighted by Crippen LogP contribution is 2.23. The van der Waals surface area contributed by atoms with E-state index in [4.69, 9.17) is 0 Å². The number of hydrogen-bond donors (Lipinski definition) is 1. The Labute approximate surface area is 115 Å². The summed E-state index contributed by atoms with van der Waals surface area (Å²) in [5.41, 5.74) is 0.812. The van der Waals surface area contributed by atoms with Crippen molar-refractivity contribution < 1.29 is 4.79 Å². The molecule has 0 aliphatic carbocycles. The monoisotopic (exact) mass is 265 g/mol. The minimum atomic E-state index is 0.0605. The largest absolute Gasteiger partial charge is 0.352 e. The van der Waals surface area contributed by atoms with Crippen molar-refractivity contribution in [1.29, 1.82) is 0 Å². The molecule has 1 aromatic rings. The summed E-state index contributed by atoms with van der Waals surface area (Å²) in [4.78, 5) is 13.2. The van der Waals surface area contributed by atoms with Gasteiger partial charge in [0.15, 0.2) is 0 Å². The number of rotatable bonds is 8. The molecule has 18 heavy (non-hydrogen) atoms. The van der Waals surface area contributed by atoms with Gasteiger partial charge >= 0.3 is 0 Å². The number of carbonyl (C=O) groups excluding carboxylic acids is 1. The molecule has 1 rings (SSSR count). The Kier molecular flexibility index (Phi) is 7.58. The average molecular weight is 265 g/mol. The highest BCUT2D eigenvalue weighted by Gasteiger charge is 2.09. The Morgan fingerprint density at radius 3 is 2.67 bits per heavy atom. The molecule has 0 bridgehead atoms. The van der Waals surface area contributed by atoms with Gasteiger partial charge in [-0.1, -0.05) is 38.8 Å². The smallest absolute Gasteiger partial charge is 0.252 e. The number of carbonyl (C=O) groups is 1. The summed E-state index contributed by atoms with van der Waals surface area (Å²) in [6, 6.07) is 7.86. The van der Waals surface area contributed by atoms with Crippen molar-refractivity contribution in [2.24, 2.45) is 0 Å². The molecule has 1 N–H and O–H groups in total. The fraction of sp³-hybridized carbons (Fsp3) is 0.533. The van der Waals surface area contributed by atoms with Crippen molar-refractivity contribution >= 4 is 17.7 Å². The predicted octanol–water partition coefficient (Wildman–Crippen LogP) is 4.11. The summed E-state index contributed by atoms with van der Waals surface area (Å²) in [7, 11) is 0. The van der Waals surface area contributed by atoms with Crippen molar-refractivity contribution in [3.8, 4) is 0 Å². The van der Waals surface area contributed by atoms with Crippen LogP contribution in [0.1, 0.15) is 49.9 Å². The second kappa shape index (κ2) is 9.03. The topological polar surface area (TPSA) is 29.1 Å². The van der Waals surface area contributed by atoms with E-state index in [-0.39, 0.29) is 5.91 Å². The zero-order chi connectivity index (χ0) is 13.2. The van der Waals surface area contributed by atoms with Gasteiger partial charge in [-0.25, -0.2) is 0 Å². The zero-order valence-electron chi connectivity index (χ0n) is 11.4. The van der Waals surface area contributed by atoms with Crippen LogP contribution in [0.5, 0.6) is 0 Å². The fourth-order valence-corrected chi connectivity index (χ4v) is 2.58. The maximum atomic E-state index is 12.1. The van der Waals surface area contributed by atoms with Crippen LogP contribution in [0.2, 0.25) is 0 Å². The van der Waals surface area contributed by atoms with E-state index in [0.29, 0.717) is 0 Å². The molecular formula is C15H23NOS. The maximum absolute atomic E-state index is 12.1. The van der Waals surface area contributed by atoms with Gasteiger partial charge in [-0.15, -0.1) is 11.8 Å². The van der Waals surface area contributed by atoms with Crippen LogP contribution in [0.25, 0.3) is 0 Å². The fourth-order valence-electron chi connectivity index (χ4n) is 1.66. The summed E-state index contributed by atoms with van der Waals surface area (Å²) < 4.78 is 0. The molecule has 0 radical (unpaired) electrons. The van der Waals surface area contributed by atoms with Gasteiger partial charge in [0.05, 0.1) is 5.56 Å². The van der Waals surface area contributed by atoms with E-state index in [2.05, 4.69) is 19.2 Å². The second-order valence-electron chi connectivity index (χ2n) is 4.31. The SMILES string of the molecule is CCCCCNC(=O)c1ccccc1SCCC. The first-order valence-electron chi connectivity index (χ1n) is 6.79. The zero-order valence-corrected chi connectivity index (χ0v) is 12.2. The van der Waals surface area contributed by atoms with Gasteiger partial charge in [-0.05, 0) is 30.7 Å². The third-order valence-electron chi connectivity index (χ3n) is 2.66. The molecule has 0 aromatic heterocycles. The third kappa shape index (κ3) is 5.13. The van der Waals surface area contributed by atoms with Gasteiger partial charge < -0.3 is 5.32 Å². The van der Waals surface area contributed by atoms with Crippen molar-refractivity contribution in [3.63, 3.8) is 0 Å². The number of benzene rings is 1. The first-order chi connectivity index (χ1) is 8.79. The third-order valence-corrected chi connectivity index (χ3v) is 3.94. The van der Waals surface area contributed by atoms with Crippen LogP contribution in [0.15, 0.2) is 29.2 Å².